The largest absolute Gasteiger partial charge is 0.482 e. The lowest BCUT2D eigenvalue weighted by atomic mass is 10.3. The number of hydrogen-bond donors (Lipinski definition) is 2. The maximum absolute atomic E-state index is 13.5. The second-order valence-electron chi connectivity index (χ2n) is 8.11. The van der Waals surface area contributed by atoms with Crippen LogP contribution in [-0.4, -0.2) is 66.6 Å². The highest BCUT2D eigenvalue weighted by Crippen LogP contribution is 2.31. The van der Waals surface area contributed by atoms with Crippen LogP contribution in [-0.2, 0) is 21.0 Å². The van der Waals surface area contributed by atoms with E-state index in [9.17, 15) is 30.8 Å². The van der Waals surface area contributed by atoms with Gasteiger partial charge >= 0.3 is 12.1 Å². The van der Waals surface area contributed by atoms with Crippen molar-refractivity contribution in [1.82, 2.24) is 14.3 Å². The summed E-state index contributed by atoms with van der Waals surface area (Å²) in [4.78, 5) is 19.8. The number of nitrogens with zero attached hydrogens (tertiary/aromatic N) is 4. The van der Waals surface area contributed by atoms with E-state index in [0.717, 1.165) is 18.2 Å². The van der Waals surface area contributed by atoms with Crippen LogP contribution in [0.4, 0.5) is 35.0 Å². The van der Waals surface area contributed by atoms with Crippen LogP contribution in [0.2, 0.25) is 0 Å². The summed E-state index contributed by atoms with van der Waals surface area (Å²) in [6.45, 7) is -0.612. The number of alkyl halides is 3. The molecule has 3 aromatic rings. The zero-order valence-corrected chi connectivity index (χ0v) is 20.3. The number of benzene rings is 2. The monoisotopic (exact) mass is 555 g/mol. The Labute approximate surface area is 214 Å². The summed E-state index contributed by atoms with van der Waals surface area (Å²) >= 11 is 0. The van der Waals surface area contributed by atoms with E-state index in [1.807, 2.05) is 0 Å². The Morgan fingerprint density at radius 2 is 1.63 bits per heavy atom. The van der Waals surface area contributed by atoms with Crippen LogP contribution < -0.4 is 15.0 Å². The van der Waals surface area contributed by atoms with Gasteiger partial charge in [-0.3, -0.25) is 0 Å². The van der Waals surface area contributed by atoms with Gasteiger partial charge in [-0.15, -0.1) is 0 Å². The molecule has 0 atom stereocenters. The van der Waals surface area contributed by atoms with Crippen LogP contribution >= 0.6 is 0 Å². The first-order chi connectivity index (χ1) is 17.9. The minimum Gasteiger partial charge on any atom is -0.482 e. The third-order valence-electron chi connectivity index (χ3n) is 5.47. The number of nitrogens with one attached hydrogen (secondary N) is 1. The van der Waals surface area contributed by atoms with Gasteiger partial charge in [0.2, 0.25) is 16.0 Å². The molecular weight excluding hydrogens is 534 g/mol. The number of halogens is 4. The molecule has 0 unspecified atom stereocenters. The Morgan fingerprint density at radius 1 is 1.00 bits per heavy atom. The maximum atomic E-state index is 13.5. The third-order valence-corrected chi connectivity index (χ3v) is 7.38. The molecule has 0 saturated carbocycles. The van der Waals surface area contributed by atoms with Gasteiger partial charge < -0.3 is 20.1 Å². The lowest BCUT2D eigenvalue weighted by Crippen LogP contribution is -2.49. The van der Waals surface area contributed by atoms with Crippen LogP contribution in [0.5, 0.6) is 5.75 Å². The number of carboxylic acids is 1. The highest BCUT2D eigenvalue weighted by atomic mass is 32.2. The van der Waals surface area contributed by atoms with Gasteiger partial charge in [-0.2, -0.15) is 22.5 Å². The predicted molar refractivity (Wildman–Crippen MR) is 127 cm³/mol. The zero-order chi connectivity index (χ0) is 27.5. The van der Waals surface area contributed by atoms with Crippen molar-refractivity contribution in [2.24, 2.45) is 0 Å². The highest BCUT2D eigenvalue weighted by molar-refractivity contribution is 7.89. The summed E-state index contributed by atoms with van der Waals surface area (Å²) in [5.41, 5.74) is -0.869. The van der Waals surface area contributed by atoms with Crippen LogP contribution in [0.15, 0.2) is 59.5 Å². The number of carbonyl (C=O) groups is 1. The van der Waals surface area contributed by atoms with E-state index < -0.39 is 40.3 Å². The average molecular weight is 556 g/mol. The fraction of sp³-hybridized carbons (Fsp3) is 0.261. The van der Waals surface area contributed by atoms with Crippen molar-refractivity contribution in [3.63, 3.8) is 0 Å². The zero-order valence-electron chi connectivity index (χ0n) is 19.5. The summed E-state index contributed by atoms with van der Waals surface area (Å²) in [6.07, 6.45) is -4.76. The first-order valence-corrected chi connectivity index (χ1v) is 12.5. The van der Waals surface area contributed by atoms with Gasteiger partial charge in [0.25, 0.3) is 0 Å². The fourth-order valence-electron chi connectivity index (χ4n) is 3.60. The molecular formula is C23H21F4N5O5S. The molecule has 0 aliphatic carbocycles. The number of ether oxygens (including phenoxy) is 1. The van der Waals surface area contributed by atoms with Gasteiger partial charge in [0.15, 0.2) is 12.3 Å². The van der Waals surface area contributed by atoms with Crippen molar-refractivity contribution in [2.75, 3.05) is 43.0 Å². The van der Waals surface area contributed by atoms with Gasteiger partial charge in [-0.25, -0.2) is 22.6 Å². The van der Waals surface area contributed by atoms with E-state index in [4.69, 9.17) is 9.84 Å². The molecule has 2 aromatic carbocycles. The van der Waals surface area contributed by atoms with Gasteiger partial charge in [0, 0.05) is 37.9 Å². The van der Waals surface area contributed by atoms with Crippen molar-refractivity contribution in [1.29, 1.82) is 0 Å². The van der Waals surface area contributed by atoms with Crippen LogP contribution in [0, 0.1) is 5.82 Å². The first kappa shape index (κ1) is 27.1. The minimum absolute atomic E-state index is 0.0241. The maximum Gasteiger partial charge on any atom is 0.433 e. The third kappa shape index (κ3) is 6.47. The predicted octanol–water partition coefficient (Wildman–Crippen LogP) is 3.35. The van der Waals surface area contributed by atoms with E-state index in [1.54, 1.807) is 0 Å². The standard InChI is InChI=1S/C23H21F4N5O5S/c24-15-1-3-16(4-2-15)28-20-13-19(23(25,26)27)29-22(30-20)31-9-11-32(12-10-31)38(35,36)18-7-5-17(6-8-18)37-14-21(33)34/h1-8,13H,9-12,14H2,(H,33,34)(H,28,29,30). The lowest BCUT2D eigenvalue weighted by Gasteiger charge is -2.34. The quantitative estimate of drug-likeness (QED) is 0.403. The van der Waals surface area contributed by atoms with Gasteiger partial charge in [0.1, 0.15) is 17.4 Å². The first-order valence-electron chi connectivity index (χ1n) is 11.1. The number of hydrogen-bond acceptors (Lipinski definition) is 8. The molecule has 1 saturated heterocycles. The van der Waals surface area contributed by atoms with E-state index in [2.05, 4.69) is 15.3 Å². The summed E-state index contributed by atoms with van der Waals surface area (Å²) < 4.78 is 86.0. The topological polar surface area (TPSA) is 125 Å². The van der Waals surface area contributed by atoms with E-state index in [1.165, 1.54) is 45.6 Å². The van der Waals surface area contributed by atoms with Gasteiger partial charge in [0.05, 0.1) is 4.90 Å². The molecule has 0 bridgehead atoms. The van der Waals surface area contributed by atoms with Gasteiger partial charge in [-0.05, 0) is 48.5 Å². The molecule has 2 N–H and O–H groups in total. The Bertz CT molecular complexity index is 1400. The van der Waals surface area contributed by atoms with Crippen molar-refractivity contribution < 1.29 is 40.6 Å². The molecule has 2 heterocycles. The molecule has 1 aliphatic heterocycles. The molecule has 4 rings (SSSR count). The van der Waals surface area contributed by atoms with E-state index in [0.29, 0.717) is 5.69 Å². The molecule has 0 radical (unpaired) electrons. The molecule has 15 heteroatoms. The molecule has 38 heavy (non-hydrogen) atoms. The highest BCUT2D eigenvalue weighted by Gasteiger charge is 2.35. The normalized spacial score (nSPS) is 14.8. The number of piperazine rings is 1. The summed E-state index contributed by atoms with van der Waals surface area (Å²) in [6, 6.07) is 10.9. The molecule has 1 aliphatic rings. The van der Waals surface area contributed by atoms with Crippen molar-refractivity contribution >= 4 is 33.4 Å². The molecule has 202 valence electrons. The second kappa shape index (κ2) is 10.8. The fourth-order valence-corrected chi connectivity index (χ4v) is 5.02. The van der Waals surface area contributed by atoms with Crippen LogP contribution in [0.25, 0.3) is 0 Å². The molecule has 1 fully saturated rings. The Hall–Kier alpha value is -3.98. The summed E-state index contributed by atoms with van der Waals surface area (Å²) in [5.74, 6) is -1.90. The van der Waals surface area contributed by atoms with Crippen molar-refractivity contribution in [2.45, 2.75) is 11.1 Å². The number of carboxylic acid groups (broad SMARTS) is 1. The van der Waals surface area contributed by atoms with E-state index in [-0.39, 0.29) is 48.6 Å². The molecule has 0 spiro atoms. The SMILES string of the molecule is O=C(O)COc1ccc(S(=O)(=O)N2CCN(c3nc(Nc4ccc(F)cc4)cc(C(F)(F)F)n3)CC2)cc1. The minimum atomic E-state index is -4.76. The van der Waals surface area contributed by atoms with Crippen molar-refractivity contribution in [3.8, 4) is 5.75 Å². The smallest absolute Gasteiger partial charge is 0.433 e. The number of rotatable bonds is 8. The molecule has 10 nitrogen and oxygen atoms in total. The Morgan fingerprint density at radius 3 is 2.21 bits per heavy atom. The molecule has 0 amide bonds. The molecule has 1 aromatic heterocycles. The number of anilines is 3. The summed E-state index contributed by atoms with van der Waals surface area (Å²) in [5, 5.41) is 11.4. The Balaban J connectivity index is 1.48. The lowest BCUT2D eigenvalue weighted by molar-refractivity contribution is -0.141. The number of aliphatic carboxylic acids is 1. The summed E-state index contributed by atoms with van der Waals surface area (Å²) in [7, 11) is -3.93. The Kier molecular flexibility index (Phi) is 7.68. The number of sulfonamides is 1. The number of aromatic nitrogens is 2. The van der Waals surface area contributed by atoms with Crippen molar-refractivity contribution in [3.05, 3.63) is 66.1 Å². The second-order valence-corrected chi connectivity index (χ2v) is 10.1. The van der Waals surface area contributed by atoms with Crippen LogP contribution in [0.3, 0.4) is 0 Å². The van der Waals surface area contributed by atoms with Crippen LogP contribution in [0.1, 0.15) is 5.69 Å². The average Bonchev–Trinajstić information content (AvgIpc) is 2.88. The van der Waals surface area contributed by atoms with E-state index >= 15 is 0 Å². The van der Waals surface area contributed by atoms with Gasteiger partial charge in [-0.1, -0.05) is 0 Å².